The maximum atomic E-state index is 13.5. The van der Waals surface area contributed by atoms with Crippen LogP contribution in [0.3, 0.4) is 0 Å². The van der Waals surface area contributed by atoms with Crippen molar-refractivity contribution in [1.82, 2.24) is 10.2 Å². The molecule has 0 fully saturated rings. The van der Waals surface area contributed by atoms with Gasteiger partial charge in [-0.25, -0.2) is 0 Å². The van der Waals surface area contributed by atoms with Gasteiger partial charge < -0.3 is 19.9 Å². The summed E-state index contributed by atoms with van der Waals surface area (Å²) in [7, 11) is 1.61. The molecule has 7 heteroatoms. The molecule has 3 amide bonds. The van der Waals surface area contributed by atoms with E-state index in [4.69, 9.17) is 4.74 Å². The van der Waals surface area contributed by atoms with Gasteiger partial charge in [-0.1, -0.05) is 50.2 Å². The first-order valence-corrected chi connectivity index (χ1v) is 13.0. The summed E-state index contributed by atoms with van der Waals surface area (Å²) in [4.78, 5) is 43.0. The summed E-state index contributed by atoms with van der Waals surface area (Å²) in [5.74, 6) is 0.472. The fraction of sp³-hybridized carbons (Fsp3) is 0.367. The van der Waals surface area contributed by atoms with Crippen molar-refractivity contribution in [2.75, 3.05) is 25.1 Å². The number of ether oxygens (including phenoxy) is 1. The first kappa shape index (κ1) is 26.2. The van der Waals surface area contributed by atoms with E-state index in [1.54, 1.807) is 16.9 Å². The Morgan fingerprint density at radius 3 is 2.43 bits per heavy atom. The maximum absolute atomic E-state index is 13.5. The van der Waals surface area contributed by atoms with Gasteiger partial charge in [0.15, 0.2) is 0 Å². The molecule has 1 atom stereocenters. The van der Waals surface area contributed by atoms with E-state index in [2.05, 4.69) is 5.32 Å². The number of amides is 3. The Morgan fingerprint density at radius 1 is 1.03 bits per heavy atom. The minimum Gasteiger partial charge on any atom is -0.497 e. The van der Waals surface area contributed by atoms with Gasteiger partial charge in [-0.2, -0.15) is 0 Å². The van der Waals surface area contributed by atoms with Crippen LogP contribution in [0, 0.1) is 0 Å². The molecule has 3 aromatic rings. The molecule has 0 bridgehead atoms. The third-order valence-corrected chi connectivity index (χ3v) is 6.87. The zero-order chi connectivity index (χ0) is 26.4. The van der Waals surface area contributed by atoms with Crippen LogP contribution in [-0.2, 0) is 16.1 Å². The largest absolute Gasteiger partial charge is 0.497 e. The van der Waals surface area contributed by atoms with Crippen LogP contribution >= 0.6 is 0 Å². The summed E-state index contributed by atoms with van der Waals surface area (Å²) < 4.78 is 5.25. The van der Waals surface area contributed by atoms with E-state index < -0.39 is 6.04 Å². The highest BCUT2D eigenvalue weighted by Crippen LogP contribution is 2.37. The van der Waals surface area contributed by atoms with Gasteiger partial charge in [-0.3, -0.25) is 14.4 Å². The van der Waals surface area contributed by atoms with Crippen LogP contribution in [-0.4, -0.2) is 48.9 Å². The lowest BCUT2D eigenvalue weighted by Gasteiger charge is -2.31. The lowest BCUT2D eigenvalue weighted by atomic mass is 10.1. The fourth-order valence-electron chi connectivity index (χ4n) is 4.95. The molecule has 194 valence electrons. The van der Waals surface area contributed by atoms with Crippen molar-refractivity contribution in [2.45, 2.75) is 52.1 Å². The highest BCUT2D eigenvalue weighted by atomic mass is 16.5. The first-order valence-electron chi connectivity index (χ1n) is 13.0. The van der Waals surface area contributed by atoms with E-state index in [1.165, 1.54) is 0 Å². The highest BCUT2D eigenvalue weighted by Gasteiger charge is 2.31. The van der Waals surface area contributed by atoms with Gasteiger partial charge in [0.05, 0.1) is 12.8 Å². The monoisotopic (exact) mass is 501 g/mol. The molecule has 3 aromatic carbocycles. The highest BCUT2D eigenvalue weighted by molar-refractivity contribution is 6.25. The van der Waals surface area contributed by atoms with Gasteiger partial charge in [0.2, 0.25) is 11.8 Å². The molecule has 0 saturated carbocycles. The van der Waals surface area contributed by atoms with Crippen molar-refractivity contribution >= 4 is 34.2 Å². The number of methoxy groups -OCH3 is 1. The summed E-state index contributed by atoms with van der Waals surface area (Å²) in [6, 6.07) is 18.7. The number of hydrogen-bond donors (Lipinski definition) is 1. The maximum Gasteiger partial charge on any atom is 0.258 e. The Morgan fingerprint density at radius 2 is 1.76 bits per heavy atom. The van der Waals surface area contributed by atoms with Crippen molar-refractivity contribution in [3.63, 3.8) is 0 Å². The Kier molecular flexibility index (Phi) is 8.43. The number of benzene rings is 3. The normalized spacial score (nSPS) is 13.1. The molecule has 1 aliphatic heterocycles. The van der Waals surface area contributed by atoms with Crippen molar-refractivity contribution in [1.29, 1.82) is 0 Å². The molecule has 0 aliphatic carbocycles. The van der Waals surface area contributed by atoms with E-state index in [0.717, 1.165) is 34.2 Å². The molecule has 1 N–H and O–H groups in total. The fourth-order valence-corrected chi connectivity index (χ4v) is 4.95. The second-order valence-corrected chi connectivity index (χ2v) is 9.33. The Balaban J connectivity index is 1.47. The predicted octanol–water partition coefficient (Wildman–Crippen LogP) is 4.92. The number of hydrogen-bond acceptors (Lipinski definition) is 4. The van der Waals surface area contributed by atoms with E-state index >= 15 is 0 Å². The van der Waals surface area contributed by atoms with Crippen LogP contribution in [0.4, 0.5) is 5.69 Å². The minimum absolute atomic E-state index is 0.0280. The summed E-state index contributed by atoms with van der Waals surface area (Å²) in [6.45, 7) is 5.26. The number of rotatable bonds is 12. The van der Waals surface area contributed by atoms with Gasteiger partial charge in [0, 0.05) is 37.0 Å². The van der Waals surface area contributed by atoms with Crippen LogP contribution in [0.2, 0.25) is 0 Å². The molecule has 0 aromatic heterocycles. The van der Waals surface area contributed by atoms with Crippen molar-refractivity contribution in [2.24, 2.45) is 0 Å². The Labute approximate surface area is 218 Å². The second kappa shape index (κ2) is 11.9. The van der Waals surface area contributed by atoms with Gasteiger partial charge in [-0.05, 0) is 54.5 Å². The van der Waals surface area contributed by atoms with Crippen LogP contribution in [0.5, 0.6) is 5.75 Å². The molecule has 0 saturated heterocycles. The molecule has 7 nitrogen and oxygen atoms in total. The van der Waals surface area contributed by atoms with Gasteiger partial charge in [0.25, 0.3) is 5.91 Å². The number of carbonyl (C=O) groups is 3. The second-order valence-electron chi connectivity index (χ2n) is 9.33. The van der Waals surface area contributed by atoms with Crippen molar-refractivity contribution in [3.8, 4) is 5.75 Å². The lowest BCUT2D eigenvalue weighted by Crippen LogP contribution is -2.49. The molecule has 1 heterocycles. The number of nitrogens with zero attached hydrogens (tertiary/aromatic N) is 2. The molecule has 0 radical (unpaired) electrons. The van der Waals surface area contributed by atoms with E-state index in [-0.39, 0.29) is 24.1 Å². The standard InChI is InChI=1S/C30H35N3O4/c1-4-18-31-29(35)25(5-2)33(20-21-14-16-23(37-3)17-15-21)27(34)13-8-19-32-26-12-7-10-22-9-6-11-24(28(22)26)30(32)36/h6-7,9-12,14-17,25H,4-5,8,13,18-20H2,1-3H3,(H,31,35). The average Bonchev–Trinajstić information content (AvgIpc) is 3.20. The molecular weight excluding hydrogens is 466 g/mol. The van der Waals surface area contributed by atoms with Crippen LogP contribution in [0.25, 0.3) is 10.8 Å². The summed E-state index contributed by atoms with van der Waals surface area (Å²) in [5, 5.41) is 4.96. The van der Waals surface area contributed by atoms with E-state index in [1.807, 2.05) is 74.5 Å². The Hall–Kier alpha value is -3.87. The predicted molar refractivity (Wildman–Crippen MR) is 146 cm³/mol. The molecule has 37 heavy (non-hydrogen) atoms. The molecule has 1 unspecified atom stereocenters. The summed E-state index contributed by atoms with van der Waals surface area (Å²) >= 11 is 0. The number of anilines is 1. The van der Waals surface area contributed by atoms with Crippen molar-refractivity contribution < 1.29 is 19.1 Å². The third kappa shape index (κ3) is 5.61. The van der Waals surface area contributed by atoms with E-state index in [0.29, 0.717) is 38.0 Å². The zero-order valence-electron chi connectivity index (χ0n) is 21.8. The van der Waals surface area contributed by atoms with E-state index in [9.17, 15) is 14.4 Å². The lowest BCUT2D eigenvalue weighted by molar-refractivity contribution is -0.141. The quantitative estimate of drug-likeness (QED) is 0.382. The van der Waals surface area contributed by atoms with Crippen molar-refractivity contribution in [3.05, 3.63) is 71.8 Å². The van der Waals surface area contributed by atoms with Gasteiger partial charge in [0.1, 0.15) is 11.8 Å². The van der Waals surface area contributed by atoms with Gasteiger partial charge >= 0.3 is 0 Å². The average molecular weight is 502 g/mol. The molecule has 1 aliphatic rings. The smallest absolute Gasteiger partial charge is 0.258 e. The van der Waals surface area contributed by atoms with Crippen LogP contribution in [0.1, 0.15) is 55.5 Å². The molecular formula is C30H35N3O4. The number of nitrogens with one attached hydrogen (secondary N) is 1. The SMILES string of the molecule is CCCNC(=O)C(CC)N(Cc1ccc(OC)cc1)C(=O)CCCN1C(=O)c2cccc3cccc1c23. The van der Waals surface area contributed by atoms with Crippen LogP contribution < -0.4 is 15.0 Å². The molecule has 4 rings (SSSR count). The number of carbonyl (C=O) groups excluding carboxylic acids is 3. The Bertz CT molecular complexity index is 1270. The summed E-state index contributed by atoms with van der Waals surface area (Å²) in [6.07, 6.45) is 2.08. The zero-order valence-corrected chi connectivity index (χ0v) is 21.8. The minimum atomic E-state index is -0.562. The first-order chi connectivity index (χ1) is 18.0. The molecule has 0 spiro atoms. The topological polar surface area (TPSA) is 79.0 Å². The van der Waals surface area contributed by atoms with Crippen LogP contribution in [0.15, 0.2) is 60.7 Å². The van der Waals surface area contributed by atoms with Gasteiger partial charge in [-0.15, -0.1) is 0 Å². The summed E-state index contributed by atoms with van der Waals surface area (Å²) in [5.41, 5.74) is 2.53. The third-order valence-electron chi connectivity index (χ3n) is 6.87.